The summed E-state index contributed by atoms with van der Waals surface area (Å²) in [6.07, 6.45) is 4.30. The first-order valence-corrected chi connectivity index (χ1v) is 7.11. The number of aromatic nitrogens is 1. The van der Waals surface area contributed by atoms with Crippen LogP contribution in [0.2, 0.25) is 0 Å². The zero-order valence-corrected chi connectivity index (χ0v) is 14.9. The number of halogens is 1. The largest absolute Gasteiger partial charge is 1.00 e. The molecule has 0 amide bonds. The van der Waals surface area contributed by atoms with E-state index in [4.69, 9.17) is 0 Å². The molecule has 1 N–H and O–H groups in total. The molecule has 2 nitrogen and oxygen atoms in total. The lowest BCUT2D eigenvalue weighted by Crippen LogP contribution is -3.00. The zero-order valence-electron chi connectivity index (χ0n) is 12.8. The minimum atomic E-state index is 0. The summed E-state index contributed by atoms with van der Waals surface area (Å²) < 4.78 is 2.22. The van der Waals surface area contributed by atoms with Gasteiger partial charge in [0, 0.05) is 36.3 Å². The molecule has 0 spiro atoms. The molecule has 0 aliphatic heterocycles. The van der Waals surface area contributed by atoms with Crippen molar-refractivity contribution in [3.8, 4) is 0 Å². The van der Waals surface area contributed by atoms with Crippen LogP contribution in [0.5, 0.6) is 0 Å². The zero-order chi connectivity index (χ0) is 14.7. The average Bonchev–Trinajstić information content (AvgIpc) is 2.55. The molecule has 1 heterocycles. The van der Waals surface area contributed by atoms with Gasteiger partial charge in [-0.15, -0.1) is 0 Å². The molecular formula is C19H19IN2. The lowest BCUT2D eigenvalue weighted by atomic mass is 10.1. The second-order valence-electron chi connectivity index (χ2n) is 5.08. The number of hydrogen-bond acceptors (Lipinski definition) is 1. The van der Waals surface area contributed by atoms with Gasteiger partial charge in [0.2, 0.25) is 11.2 Å². The predicted octanol–water partition coefficient (Wildman–Crippen LogP) is 0.880. The van der Waals surface area contributed by atoms with Crippen molar-refractivity contribution in [3.63, 3.8) is 0 Å². The van der Waals surface area contributed by atoms with Gasteiger partial charge in [-0.05, 0) is 35.9 Å². The Bertz CT molecular complexity index is 792. The highest BCUT2D eigenvalue weighted by atomic mass is 127. The molecule has 3 heteroatoms. The Hall–Kier alpha value is -1.88. The first-order valence-electron chi connectivity index (χ1n) is 7.11. The van der Waals surface area contributed by atoms with Crippen molar-refractivity contribution < 1.29 is 28.5 Å². The maximum atomic E-state index is 3.13. The van der Waals surface area contributed by atoms with Gasteiger partial charge >= 0.3 is 0 Å². The summed E-state index contributed by atoms with van der Waals surface area (Å²) >= 11 is 0. The number of aryl methyl sites for hydroxylation is 1. The summed E-state index contributed by atoms with van der Waals surface area (Å²) in [6.45, 7) is 0. The second-order valence-corrected chi connectivity index (χ2v) is 5.08. The van der Waals surface area contributed by atoms with Crippen molar-refractivity contribution in [1.29, 1.82) is 0 Å². The van der Waals surface area contributed by atoms with Gasteiger partial charge < -0.3 is 29.3 Å². The third-order valence-corrected chi connectivity index (χ3v) is 3.76. The molecule has 3 rings (SSSR count). The number of para-hydroxylation sites is 1. The maximum absolute atomic E-state index is 3.13. The van der Waals surface area contributed by atoms with Crippen LogP contribution in [0.25, 0.3) is 23.1 Å². The Morgan fingerprint density at radius 2 is 1.59 bits per heavy atom. The summed E-state index contributed by atoms with van der Waals surface area (Å²) in [6, 6.07) is 21.1. The van der Waals surface area contributed by atoms with Crippen LogP contribution in [-0.2, 0) is 7.05 Å². The number of pyridine rings is 1. The normalized spacial score (nSPS) is 10.6. The highest BCUT2D eigenvalue weighted by Gasteiger charge is 2.07. The SMILES string of the molecule is CNc1ccc(/C=C/c2ccc3ccccc3[n+]2C)cc1.[I-]. The van der Waals surface area contributed by atoms with Gasteiger partial charge in [-0.1, -0.05) is 24.3 Å². The summed E-state index contributed by atoms with van der Waals surface area (Å²) in [5.74, 6) is 0. The molecular weight excluding hydrogens is 383 g/mol. The minimum absolute atomic E-state index is 0. The topological polar surface area (TPSA) is 15.9 Å². The highest BCUT2D eigenvalue weighted by Crippen LogP contribution is 2.13. The minimum Gasteiger partial charge on any atom is -1.00 e. The van der Waals surface area contributed by atoms with E-state index >= 15 is 0 Å². The lowest BCUT2D eigenvalue weighted by Gasteiger charge is -2.01. The van der Waals surface area contributed by atoms with E-state index in [-0.39, 0.29) is 24.0 Å². The molecule has 2 aromatic carbocycles. The van der Waals surface area contributed by atoms with Crippen molar-refractivity contribution in [2.45, 2.75) is 0 Å². The highest BCUT2D eigenvalue weighted by molar-refractivity contribution is 5.77. The Morgan fingerprint density at radius 1 is 0.864 bits per heavy atom. The van der Waals surface area contributed by atoms with E-state index < -0.39 is 0 Å². The third kappa shape index (κ3) is 3.47. The molecule has 0 aliphatic carbocycles. The third-order valence-electron chi connectivity index (χ3n) is 3.76. The van der Waals surface area contributed by atoms with E-state index in [1.165, 1.54) is 22.2 Å². The molecule has 1 aromatic heterocycles. The van der Waals surface area contributed by atoms with Crippen LogP contribution in [0.1, 0.15) is 11.3 Å². The van der Waals surface area contributed by atoms with Crippen molar-refractivity contribution in [3.05, 3.63) is 71.9 Å². The summed E-state index contributed by atoms with van der Waals surface area (Å²) in [7, 11) is 4.03. The number of nitrogens with one attached hydrogen (secondary N) is 1. The smallest absolute Gasteiger partial charge is 0.212 e. The van der Waals surface area contributed by atoms with Gasteiger partial charge in [0.1, 0.15) is 7.05 Å². The quantitative estimate of drug-likeness (QED) is 0.508. The van der Waals surface area contributed by atoms with Crippen LogP contribution in [0.15, 0.2) is 60.7 Å². The number of anilines is 1. The monoisotopic (exact) mass is 402 g/mol. The molecule has 112 valence electrons. The van der Waals surface area contributed by atoms with E-state index in [9.17, 15) is 0 Å². The maximum Gasteiger partial charge on any atom is 0.212 e. The van der Waals surface area contributed by atoms with Crippen molar-refractivity contribution in [2.24, 2.45) is 7.05 Å². The van der Waals surface area contributed by atoms with Crippen LogP contribution < -0.4 is 33.9 Å². The van der Waals surface area contributed by atoms with Gasteiger partial charge in [0.15, 0.2) is 0 Å². The fourth-order valence-corrected chi connectivity index (χ4v) is 2.47. The van der Waals surface area contributed by atoms with Gasteiger partial charge in [-0.2, -0.15) is 4.57 Å². The number of nitrogens with zero attached hydrogens (tertiary/aromatic N) is 1. The van der Waals surface area contributed by atoms with Crippen molar-refractivity contribution >= 4 is 28.7 Å². The van der Waals surface area contributed by atoms with E-state index in [2.05, 4.69) is 89.7 Å². The fraction of sp³-hybridized carbons (Fsp3) is 0.105. The second kappa shape index (κ2) is 7.40. The van der Waals surface area contributed by atoms with Crippen LogP contribution >= 0.6 is 0 Å². The molecule has 3 aromatic rings. The number of hydrogen-bond donors (Lipinski definition) is 1. The Kier molecular flexibility index (Phi) is 5.55. The first-order chi connectivity index (χ1) is 10.3. The van der Waals surface area contributed by atoms with E-state index in [1.54, 1.807) is 0 Å². The van der Waals surface area contributed by atoms with E-state index in [1.807, 2.05) is 7.05 Å². The number of fused-ring (bicyclic) bond motifs is 1. The molecule has 0 atom stereocenters. The van der Waals surface area contributed by atoms with Crippen LogP contribution in [0.4, 0.5) is 5.69 Å². The molecule has 0 saturated heterocycles. The van der Waals surface area contributed by atoms with Crippen LogP contribution in [0.3, 0.4) is 0 Å². The first kappa shape index (κ1) is 16.5. The molecule has 0 fully saturated rings. The van der Waals surface area contributed by atoms with Crippen molar-refractivity contribution in [1.82, 2.24) is 0 Å². The Morgan fingerprint density at radius 3 is 2.32 bits per heavy atom. The van der Waals surface area contributed by atoms with E-state index in [0.717, 1.165) is 5.69 Å². The molecule has 0 saturated carbocycles. The fourth-order valence-electron chi connectivity index (χ4n) is 2.47. The summed E-state index contributed by atoms with van der Waals surface area (Å²) in [5.41, 5.74) is 4.75. The molecule has 0 bridgehead atoms. The standard InChI is InChI=1S/C19H18N2.HI/c1-20-17-11-7-15(8-12-17)9-13-18-14-10-16-5-3-4-6-19(16)21(18)2;/h3-14H,1-2H3;1H. The lowest BCUT2D eigenvalue weighted by molar-refractivity contribution is -0.646. The van der Waals surface area contributed by atoms with Crippen molar-refractivity contribution in [2.75, 3.05) is 12.4 Å². The molecule has 22 heavy (non-hydrogen) atoms. The van der Waals surface area contributed by atoms with Crippen LogP contribution in [0, 0.1) is 0 Å². The molecule has 0 radical (unpaired) electrons. The predicted molar refractivity (Wildman–Crippen MR) is 90.0 cm³/mol. The van der Waals surface area contributed by atoms with E-state index in [0.29, 0.717) is 0 Å². The van der Waals surface area contributed by atoms with Gasteiger partial charge in [0.25, 0.3) is 0 Å². The van der Waals surface area contributed by atoms with Gasteiger partial charge in [0.05, 0.1) is 0 Å². The molecule has 0 unspecified atom stereocenters. The van der Waals surface area contributed by atoms with Crippen LogP contribution in [-0.4, -0.2) is 7.05 Å². The Balaban J connectivity index is 0.00000176. The average molecular weight is 402 g/mol. The van der Waals surface area contributed by atoms with Gasteiger partial charge in [-0.3, -0.25) is 0 Å². The van der Waals surface area contributed by atoms with Gasteiger partial charge in [-0.25, -0.2) is 0 Å². The Labute approximate surface area is 148 Å². The number of rotatable bonds is 3. The summed E-state index contributed by atoms with van der Waals surface area (Å²) in [4.78, 5) is 0. The summed E-state index contributed by atoms with van der Waals surface area (Å²) in [5, 5.41) is 4.39. The number of benzene rings is 2. The molecule has 0 aliphatic rings.